The average Bonchev–Trinajstić information content (AvgIpc) is 2.45. The predicted molar refractivity (Wildman–Crippen MR) is 88.1 cm³/mol. The fourth-order valence-corrected chi connectivity index (χ4v) is 1.48. The van der Waals surface area contributed by atoms with Gasteiger partial charge in [0.15, 0.2) is 0 Å². The Balaban J connectivity index is 0.000000677. The molecule has 2 aromatic carbocycles. The van der Waals surface area contributed by atoms with E-state index in [9.17, 15) is 8.78 Å². The standard InChI is InChI=1S/C14H12F2N2.2CH3.Ga.H/c1-10(17-13-6-2-11(15)3-7-13)18-14-8-4-12(16)5-9-14;;;;/h2-9H,1H3,(H,17,18);2*1H3;;. The zero-order chi connectivity index (χ0) is 15.7. The van der Waals surface area contributed by atoms with Crippen molar-refractivity contribution in [2.75, 3.05) is 5.32 Å². The first-order valence-electron chi connectivity index (χ1n) is 6.88. The van der Waals surface area contributed by atoms with Crippen molar-refractivity contribution in [1.82, 2.24) is 0 Å². The molecule has 0 saturated carbocycles. The number of amidine groups is 1. The van der Waals surface area contributed by atoms with E-state index in [1.54, 1.807) is 31.2 Å². The minimum atomic E-state index is -0.293. The topological polar surface area (TPSA) is 24.4 Å². The number of nitrogens with one attached hydrogen (secondary N) is 1. The first kappa shape index (κ1) is 17.5. The molecule has 0 aliphatic heterocycles. The molecule has 0 radical (unpaired) electrons. The van der Waals surface area contributed by atoms with E-state index < -0.39 is 0 Å². The van der Waals surface area contributed by atoms with Crippen molar-refractivity contribution in [3.63, 3.8) is 0 Å². The normalized spacial score (nSPS) is 10.4. The molecule has 2 aromatic rings. The number of halogens is 2. The molecule has 0 saturated heterocycles. The number of rotatable bonds is 2. The van der Waals surface area contributed by atoms with Crippen LogP contribution >= 0.6 is 0 Å². The molecule has 0 aliphatic carbocycles. The molecule has 0 bridgehead atoms. The summed E-state index contributed by atoms with van der Waals surface area (Å²) < 4.78 is 25.4. The summed E-state index contributed by atoms with van der Waals surface area (Å²) in [5.41, 5.74) is 6.03. The van der Waals surface area contributed by atoms with Gasteiger partial charge in [0, 0.05) is 5.69 Å². The van der Waals surface area contributed by atoms with Gasteiger partial charge in [-0.05, 0) is 55.5 Å². The molecule has 0 amide bonds. The molecule has 0 atom stereocenters. The van der Waals surface area contributed by atoms with E-state index >= 15 is 0 Å². The molecule has 2 rings (SSSR count). The second-order valence-electron chi connectivity index (χ2n) is 4.51. The van der Waals surface area contributed by atoms with Crippen LogP contribution < -0.4 is 5.32 Å². The van der Waals surface area contributed by atoms with Crippen LogP contribution in [0.2, 0.25) is 11.0 Å². The van der Waals surface area contributed by atoms with E-state index in [0.29, 0.717) is 11.5 Å². The van der Waals surface area contributed by atoms with Crippen molar-refractivity contribution in [2.24, 2.45) is 4.99 Å². The van der Waals surface area contributed by atoms with Crippen LogP contribution in [0, 0.1) is 11.6 Å². The quantitative estimate of drug-likeness (QED) is 0.478. The van der Waals surface area contributed by atoms with Crippen LogP contribution in [0.25, 0.3) is 0 Å². The van der Waals surface area contributed by atoms with Crippen molar-refractivity contribution in [3.8, 4) is 0 Å². The molecule has 0 spiro atoms. The van der Waals surface area contributed by atoms with Crippen molar-refractivity contribution < 1.29 is 8.78 Å². The number of benzene rings is 2. The second kappa shape index (κ2) is 9.36. The van der Waals surface area contributed by atoms with Gasteiger partial charge in [-0.25, -0.2) is 13.8 Å². The Hall–Kier alpha value is -1.59. The van der Waals surface area contributed by atoms with Gasteiger partial charge in [0.05, 0.1) is 5.69 Å². The van der Waals surface area contributed by atoms with Crippen LogP contribution in [-0.2, 0) is 0 Å². The molecule has 21 heavy (non-hydrogen) atoms. The summed E-state index contributed by atoms with van der Waals surface area (Å²) in [7, 11) is 0. The fourth-order valence-electron chi connectivity index (χ4n) is 1.48. The molecular formula is C16H19F2GaN2. The van der Waals surface area contributed by atoms with E-state index in [2.05, 4.69) is 21.3 Å². The van der Waals surface area contributed by atoms with Gasteiger partial charge < -0.3 is 5.32 Å². The molecule has 0 aromatic heterocycles. The van der Waals surface area contributed by atoms with E-state index in [1.165, 1.54) is 24.3 Å². The van der Waals surface area contributed by atoms with Crippen LogP contribution in [0.1, 0.15) is 6.92 Å². The van der Waals surface area contributed by atoms with Crippen LogP contribution in [0.15, 0.2) is 53.5 Å². The van der Waals surface area contributed by atoms with Crippen LogP contribution in [0.4, 0.5) is 20.2 Å². The Morgan fingerprint density at radius 2 is 1.33 bits per heavy atom. The summed E-state index contributed by atoms with van der Waals surface area (Å²) >= 11 is 0.125. The van der Waals surface area contributed by atoms with Gasteiger partial charge in [0.1, 0.15) is 17.5 Å². The van der Waals surface area contributed by atoms with E-state index in [4.69, 9.17) is 0 Å². The van der Waals surface area contributed by atoms with Crippen molar-refractivity contribution >= 4 is 34.6 Å². The van der Waals surface area contributed by atoms with Gasteiger partial charge in [-0.15, -0.1) is 0 Å². The molecule has 0 fully saturated rings. The summed E-state index contributed by atoms with van der Waals surface area (Å²) in [6.45, 7) is 1.78. The van der Waals surface area contributed by atoms with Crippen LogP contribution in [0.3, 0.4) is 0 Å². The van der Waals surface area contributed by atoms with Crippen molar-refractivity contribution in [2.45, 2.75) is 17.9 Å². The van der Waals surface area contributed by atoms with Crippen molar-refractivity contribution in [1.29, 1.82) is 0 Å². The number of anilines is 1. The third-order valence-corrected chi connectivity index (χ3v) is 2.29. The first-order chi connectivity index (χ1) is 10.0. The molecule has 0 aliphatic rings. The fraction of sp³-hybridized carbons (Fsp3) is 0.188. The zero-order valence-electron chi connectivity index (χ0n) is 12.5. The first-order valence-corrected chi connectivity index (χ1v) is 12.8. The Labute approximate surface area is 132 Å². The minimum absolute atomic E-state index is 0.125. The van der Waals surface area contributed by atoms with E-state index in [1.807, 2.05) is 0 Å². The molecule has 110 valence electrons. The van der Waals surface area contributed by atoms with E-state index in [0.717, 1.165) is 5.69 Å². The molecule has 1 N–H and O–H groups in total. The average molecular weight is 347 g/mol. The monoisotopic (exact) mass is 346 g/mol. The second-order valence-corrected chi connectivity index (χ2v) is 7.48. The van der Waals surface area contributed by atoms with Crippen molar-refractivity contribution in [3.05, 3.63) is 60.2 Å². The van der Waals surface area contributed by atoms with Gasteiger partial charge in [-0.1, -0.05) is 0 Å². The zero-order valence-corrected chi connectivity index (χ0v) is 15.5. The molecular weight excluding hydrogens is 328 g/mol. The molecule has 0 unspecified atom stereocenters. The summed E-state index contributed by atoms with van der Waals surface area (Å²) in [5.74, 6) is 0.0694. The Morgan fingerprint density at radius 1 is 0.905 bits per heavy atom. The SMILES string of the molecule is C/C(=N\c1ccc(F)cc1)Nc1ccc(F)cc1.[CH3][GaH][CH3]. The molecule has 0 heterocycles. The van der Waals surface area contributed by atoms with E-state index in [-0.39, 0.29) is 29.0 Å². The van der Waals surface area contributed by atoms with Gasteiger partial charge >= 0.3 is 28.4 Å². The summed E-state index contributed by atoms with van der Waals surface area (Å²) in [5, 5.41) is 3.02. The predicted octanol–water partition coefficient (Wildman–Crippen LogP) is 4.65. The maximum atomic E-state index is 12.7. The van der Waals surface area contributed by atoms with Crippen LogP contribution in [-0.4, -0.2) is 23.2 Å². The number of aliphatic imine (C=N–C) groups is 1. The third-order valence-electron chi connectivity index (χ3n) is 2.29. The maximum absolute atomic E-state index is 12.7. The van der Waals surface area contributed by atoms with Gasteiger partial charge in [-0.2, -0.15) is 0 Å². The summed E-state index contributed by atoms with van der Waals surface area (Å²) in [6, 6.07) is 11.9. The number of hydrogen-bond acceptors (Lipinski definition) is 1. The van der Waals surface area contributed by atoms with Gasteiger partial charge in [0.25, 0.3) is 0 Å². The molecule has 2 nitrogen and oxygen atoms in total. The Morgan fingerprint density at radius 3 is 1.81 bits per heavy atom. The van der Waals surface area contributed by atoms with Gasteiger partial charge in [0.2, 0.25) is 0 Å². The number of nitrogens with zero attached hydrogens (tertiary/aromatic N) is 1. The molecule has 5 heteroatoms. The Kier molecular flexibility index (Phi) is 7.78. The summed E-state index contributed by atoms with van der Waals surface area (Å²) in [4.78, 5) is 4.26. The van der Waals surface area contributed by atoms with Crippen LogP contribution in [0.5, 0.6) is 0 Å². The Bertz CT molecular complexity index is 566. The number of hydrogen-bond donors (Lipinski definition) is 1. The van der Waals surface area contributed by atoms with Gasteiger partial charge in [-0.3, -0.25) is 0 Å². The third kappa shape index (κ3) is 7.11. The summed E-state index contributed by atoms with van der Waals surface area (Å²) in [6.07, 6.45) is 0.